The largest absolute Gasteiger partial charge is 0.321 e. The van der Waals surface area contributed by atoms with Crippen LogP contribution in [-0.2, 0) is 4.79 Å². The number of amides is 2. The van der Waals surface area contributed by atoms with Crippen LogP contribution in [0.3, 0.4) is 0 Å². The molecule has 0 radical (unpaired) electrons. The van der Waals surface area contributed by atoms with Gasteiger partial charge in [0.2, 0.25) is 0 Å². The van der Waals surface area contributed by atoms with Gasteiger partial charge in [-0.1, -0.05) is 82.1 Å². The van der Waals surface area contributed by atoms with Gasteiger partial charge in [0.25, 0.3) is 11.8 Å². The van der Waals surface area contributed by atoms with E-state index in [1.165, 1.54) is 12.2 Å². The van der Waals surface area contributed by atoms with E-state index >= 15 is 0 Å². The van der Waals surface area contributed by atoms with E-state index in [4.69, 9.17) is 11.6 Å². The highest BCUT2D eigenvalue weighted by Crippen LogP contribution is 2.19. The van der Waals surface area contributed by atoms with Crippen LogP contribution in [0.25, 0.3) is 12.2 Å². The zero-order valence-corrected chi connectivity index (χ0v) is 22.4. The Morgan fingerprint density at radius 1 is 0.737 bits per heavy atom. The summed E-state index contributed by atoms with van der Waals surface area (Å²) in [6, 6.07) is 29.7. The first-order valence-electron chi connectivity index (χ1n) is 11.6. The predicted molar refractivity (Wildman–Crippen MR) is 156 cm³/mol. The number of anilines is 1. The van der Waals surface area contributed by atoms with Gasteiger partial charge in [0.05, 0.1) is 0 Å². The molecule has 188 valence electrons. The summed E-state index contributed by atoms with van der Waals surface area (Å²) < 4.78 is 0.961. The topological polar surface area (TPSA) is 75.3 Å². The van der Waals surface area contributed by atoms with E-state index in [2.05, 4.69) is 26.6 Å². The summed E-state index contributed by atoms with van der Waals surface area (Å²) in [6.45, 7) is 0. The van der Waals surface area contributed by atoms with Crippen LogP contribution in [0, 0.1) is 0 Å². The maximum atomic E-state index is 13.2. The number of hydrogen-bond acceptors (Lipinski definition) is 3. The summed E-state index contributed by atoms with van der Waals surface area (Å²) in [5.41, 5.74) is 2.84. The Balaban J connectivity index is 1.49. The lowest BCUT2D eigenvalue weighted by molar-refractivity contribution is -0.113. The highest BCUT2D eigenvalue weighted by Gasteiger charge is 2.16. The van der Waals surface area contributed by atoms with Gasteiger partial charge in [-0.05, 0) is 77.9 Å². The van der Waals surface area contributed by atoms with Crippen molar-refractivity contribution in [2.75, 3.05) is 5.32 Å². The number of benzene rings is 4. The summed E-state index contributed by atoms with van der Waals surface area (Å²) in [7, 11) is 0. The highest BCUT2D eigenvalue weighted by atomic mass is 79.9. The van der Waals surface area contributed by atoms with Crippen molar-refractivity contribution in [2.24, 2.45) is 0 Å². The average Bonchev–Trinajstić information content (AvgIpc) is 2.94. The number of nitrogens with one attached hydrogen (secondary N) is 2. The number of carbonyl (C=O) groups excluding carboxylic acids is 3. The summed E-state index contributed by atoms with van der Waals surface area (Å²) in [4.78, 5) is 38.5. The molecule has 4 rings (SSSR count). The molecule has 2 amide bonds. The van der Waals surface area contributed by atoms with Gasteiger partial charge in [-0.25, -0.2) is 0 Å². The van der Waals surface area contributed by atoms with E-state index in [-0.39, 0.29) is 11.5 Å². The lowest BCUT2D eigenvalue weighted by Gasteiger charge is -2.12. The lowest BCUT2D eigenvalue weighted by Crippen LogP contribution is -2.30. The molecule has 0 heterocycles. The van der Waals surface area contributed by atoms with E-state index < -0.39 is 11.8 Å². The van der Waals surface area contributed by atoms with Gasteiger partial charge in [-0.15, -0.1) is 0 Å². The molecule has 0 fully saturated rings. The van der Waals surface area contributed by atoms with Crippen molar-refractivity contribution < 1.29 is 14.4 Å². The molecule has 38 heavy (non-hydrogen) atoms. The van der Waals surface area contributed by atoms with Gasteiger partial charge in [0, 0.05) is 26.3 Å². The summed E-state index contributed by atoms with van der Waals surface area (Å²) >= 11 is 9.66. The second kappa shape index (κ2) is 12.8. The SMILES string of the molecule is O=C(Nc1ccc(C(=O)/C=C/c2ccc(Br)cc2)cc1)/C(=C/c1ccccc1Cl)NC(=O)c1ccccc1. The average molecular weight is 586 g/mol. The molecule has 2 N–H and O–H groups in total. The lowest BCUT2D eigenvalue weighted by atomic mass is 10.1. The first kappa shape index (κ1) is 26.8. The third-order valence-corrected chi connectivity index (χ3v) is 6.33. The number of allylic oxidation sites excluding steroid dienone is 1. The first-order valence-corrected chi connectivity index (χ1v) is 12.8. The van der Waals surface area contributed by atoms with Crippen LogP contribution < -0.4 is 10.6 Å². The predicted octanol–water partition coefficient (Wildman–Crippen LogP) is 7.41. The number of carbonyl (C=O) groups is 3. The van der Waals surface area contributed by atoms with Gasteiger partial charge in [0.1, 0.15) is 5.70 Å². The van der Waals surface area contributed by atoms with Crippen LogP contribution in [-0.4, -0.2) is 17.6 Å². The van der Waals surface area contributed by atoms with Crippen molar-refractivity contribution in [3.8, 4) is 0 Å². The van der Waals surface area contributed by atoms with Crippen LogP contribution in [0.15, 0.2) is 119 Å². The molecule has 0 spiro atoms. The molecule has 5 nitrogen and oxygen atoms in total. The smallest absolute Gasteiger partial charge is 0.272 e. The van der Waals surface area contributed by atoms with Crippen LogP contribution in [0.1, 0.15) is 31.8 Å². The van der Waals surface area contributed by atoms with Crippen molar-refractivity contribution >= 4 is 63.0 Å². The minimum atomic E-state index is -0.539. The van der Waals surface area contributed by atoms with Crippen molar-refractivity contribution in [3.05, 3.63) is 147 Å². The molecular formula is C31H22BrClN2O3. The molecule has 0 saturated heterocycles. The molecule has 0 saturated carbocycles. The van der Waals surface area contributed by atoms with E-state index in [0.29, 0.717) is 27.4 Å². The molecule has 0 aliphatic heterocycles. The Labute approximate surface area is 234 Å². The molecule has 0 aliphatic carbocycles. The fraction of sp³-hybridized carbons (Fsp3) is 0. The Morgan fingerprint density at radius 3 is 2.08 bits per heavy atom. The van der Waals surface area contributed by atoms with E-state index in [9.17, 15) is 14.4 Å². The minimum Gasteiger partial charge on any atom is -0.321 e. The molecule has 0 atom stereocenters. The van der Waals surface area contributed by atoms with Crippen LogP contribution in [0.2, 0.25) is 5.02 Å². The second-order valence-electron chi connectivity index (χ2n) is 8.18. The molecule has 0 unspecified atom stereocenters. The Morgan fingerprint density at radius 2 is 1.39 bits per heavy atom. The van der Waals surface area contributed by atoms with Gasteiger partial charge >= 0.3 is 0 Å². The fourth-order valence-electron chi connectivity index (χ4n) is 3.45. The molecule has 7 heteroatoms. The fourth-order valence-corrected chi connectivity index (χ4v) is 3.90. The van der Waals surface area contributed by atoms with Crippen LogP contribution in [0.5, 0.6) is 0 Å². The molecular weight excluding hydrogens is 564 g/mol. The Hall–Kier alpha value is -4.26. The standard InChI is InChI=1S/C31H22BrClN2O3/c32-25-15-10-21(11-16-25)12-19-29(36)22-13-17-26(18-14-22)34-31(38)28(20-24-8-4-5-9-27(24)33)35-30(37)23-6-2-1-3-7-23/h1-20H,(H,34,38)(H,35,37)/b19-12+,28-20-. The van der Waals surface area contributed by atoms with Crippen molar-refractivity contribution in [1.29, 1.82) is 0 Å². The Bertz CT molecular complexity index is 1510. The zero-order valence-electron chi connectivity index (χ0n) is 20.0. The van der Waals surface area contributed by atoms with Gasteiger partial charge < -0.3 is 10.6 Å². The molecule has 0 bridgehead atoms. The van der Waals surface area contributed by atoms with Crippen molar-refractivity contribution in [1.82, 2.24) is 5.32 Å². The summed E-state index contributed by atoms with van der Waals surface area (Å²) in [6.07, 6.45) is 4.76. The van der Waals surface area contributed by atoms with E-state index in [0.717, 1.165) is 10.0 Å². The quantitative estimate of drug-likeness (QED) is 0.167. The van der Waals surface area contributed by atoms with E-state index in [1.54, 1.807) is 84.9 Å². The normalized spacial score (nSPS) is 11.3. The highest BCUT2D eigenvalue weighted by molar-refractivity contribution is 9.10. The summed E-state index contributed by atoms with van der Waals surface area (Å²) in [5.74, 6) is -1.14. The van der Waals surface area contributed by atoms with Crippen LogP contribution in [0.4, 0.5) is 5.69 Å². The monoisotopic (exact) mass is 584 g/mol. The van der Waals surface area contributed by atoms with E-state index in [1.807, 2.05) is 24.3 Å². The minimum absolute atomic E-state index is 0.0181. The number of hydrogen-bond donors (Lipinski definition) is 2. The summed E-state index contributed by atoms with van der Waals surface area (Å²) in [5, 5.41) is 5.88. The van der Waals surface area contributed by atoms with Crippen molar-refractivity contribution in [2.45, 2.75) is 0 Å². The molecule has 0 aliphatic rings. The third-order valence-electron chi connectivity index (χ3n) is 5.46. The van der Waals surface area contributed by atoms with Gasteiger partial charge in [0.15, 0.2) is 5.78 Å². The second-order valence-corrected chi connectivity index (χ2v) is 9.50. The Kier molecular flexibility index (Phi) is 9.03. The molecule has 4 aromatic rings. The van der Waals surface area contributed by atoms with Gasteiger partial charge in [-0.2, -0.15) is 0 Å². The maximum Gasteiger partial charge on any atom is 0.272 e. The number of halogens is 2. The molecule has 0 aromatic heterocycles. The number of rotatable bonds is 8. The van der Waals surface area contributed by atoms with Crippen molar-refractivity contribution in [3.63, 3.8) is 0 Å². The zero-order chi connectivity index (χ0) is 26.9. The maximum absolute atomic E-state index is 13.2. The van der Waals surface area contributed by atoms with Crippen LogP contribution >= 0.6 is 27.5 Å². The molecule has 4 aromatic carbocycles. The third kappa shape index (κ3) is 7.38. The number of ketones is 1. The van der Waals surface area contributed by atoms with Gasteiger partial charge in [-0.3, -0.25) is 14.4 Å². The first-order chi connectivity index (χ1) is 18.4.